The maximum atomic E-state index is 13.0. The molecule has 0 saturated carbocycles. The smallest absolute Gasteiger partial charge is 0.261 e. The van der Waals surface area contributed by atoms with Crippen LogP contribution in [0, 0.1) is 0 Å². The highest BCUT2D eigenvalue weighted by Crippen LogP contribution is 2.27. The Labute approximate surface area is 196 Å². The zero-order valence-corrected chi connectivity index (χ0v) is 20.0. The lowest BCUT2D eigenvalue weighted by Crippen LogP contribution is -2.18. The van der Waals surface area contributed by atoms with Gasteiger partial charge in [0.25, 0.3) is 15.9 Å². The average molecular weight is 560 g/mol. The highest BCUT2D eigenvalue weighted by atomic mass is 79.9. The fraction of sp³-hybridized carbons (Fsp3) is 0. The first kappa shape index (κ1) is 21.5. The van der Waals surface area contributed by atoms with Gasteiger partial charge in [-0.1, -0.05) is 62.2 Å². The van der Waals surface area contributed by atoms with Crippen molar-refractivity contribution in [3.8, 4) is 0 Å². The maximum absolute atomic E-state index is 13.0. The van der Waals surface area contributed by atoms with E-state index in [1.54, 1.807) is 60.7 Å². The van der Waals surface area contributed by atoms with Gasteiger partial charge in [0.2, 0.25) is 0 Å². The molecule has 2 N–H and O–H groups in total. The van der Waals surface area contributed by atoms with Crippen molar-refractivity contribution in [1.82, 2.24) is 0 Å². The van der Waals surface area contributed by atoms with Crippen LogP contribution in [0.2, 0.25) is 0 Å². The van der Waals surface area contributed by atoms with Crippen LogP contribution >= 0.6 is 31.9 Å². The van der Waals surface area contributed by atoms with E-state index in [-0.39, 0.29) is 16.1 Å². The molecule has 31 heavy (non-hydrogen) atoms. The molecule has 0 aromatic heterocycles. The molecule has 0 atom stereocenters. The van der Waals surface area contributed by atoms with Gasteiger partial charge in [0, 0.05) is 14.6 Å². The van der Waals surface area contributed by atoms with Crippen molar-refractivity contribution in [2.75, 3.05) is 10.0 Å². The lowest BCUT2D eigenvalue weighted by atomic mass is 10.1. The number of carbonyl (C=O) groups is 1. The molecule has 0 bridgehead atoms. The summed E-state index contributed by atoms with van der Waals surface area (Å²) in [5.41, 5.74) is 0.976. The van der Waals surface area contributed by atoms with Crippen LogP contribution in [0.15, 0.2) is 98.8 Å². The molecule has 4 aromatic carbocycles. The molecule has 0 saturated heterocycles. The van der Waals surface area contributed by atoms with E-state index in [0.717, 1.165) is 15.2 Å². The van der Waals surface area contributed by atoms with Crippen molar-refractivity contribution >= 4 is 69.9 Å². The van der Waals surface area contributed by atoms with E-state index in [1.807, 2.05) is 24.3 Å². The fourth-order valence-electron chi connectivity index (χ4n) is 3.06. The van der Waals surface area contributed by atoms with Crippen molar-refractivity contribution < 1.29 is 13.2 Å². The quantitative estimate of drug-likeness (QED) is 0.296. The van der Waals surface area contributed by atoms with Gasteiger partial charge in [-0.3, -0.25) is 9.52 Å². The maximum Gasteiger partial charge on any atom is 0.261 e. The lowest BCUT2D eigenvalue weighted by molar-refractivity contribution is 0.102. The van der Waals surface area contributed by atoms with Gasteiger partial charge >= 0.3 is 0 Å². The van der Waals surface area contributed by atoms with E-state index in [9.17, 15) is 13.2 Å². The minimum atomic E-state index is -3.90. The largest absolute Gasteiger partial charge is 0.322 e. The van der Waals surface area contributed by atoms with E-state index in [1.165, 1.54) is 0 Å². The molecular weight excluding hydrogens is 544 g/mol. The Hall–Kier alpha value is -2.68. The van der Waals surface area contributed by atoms with Crippen molar-refractivity contribution in [1.29, 1.82) is 0 Å². The number of nitrogens with one attached hydrogen (secondary N) is 2. The molecule has 0 spiro atoms. The summed E-state index contributed by atoms with van der Waals surface area (Å²) in [7, 11) is -3.90. The molecule has 0 heterocycles. The number of benzene rings is 4. The molecule has 4 aromatic rings. The number of sulfonamides is 1. The average Bonchev–Trinajstić information content (AvgIpc) is 2.76. The van der Waals surface area contributed by atoms with Crippen LogP contribution in [0.3, 0.4) is 0 Å². The second kappa shape index (κ2) is 8.82. The third-order valence-corrected chi connectivity index (χ3v) is 6.99. The van der Waals surface area contributed by atoms with Gasteiger partial charge < -0.3 is 5.32 Å². The SMILES string of the molecule is O=C(Nc1ccc(Br)cc1)c1cc(Br)ccc1NS(=O)(=O)c1ccc2ccccc2c1. The van der Waals surface area contributed by atoms with Gasteiger partial charge in [0.15, 0.2) is 0 Å². The third-order valence-electron chi connectivity index (χ3n) is 4.60. The number of hydrogen-bond acceptors (Lipinski definition) is 3. The second-order valence-electron chi connectivity index (χ2n) is 6.77. The Morgan fingerprint density at radius 2 is 1.42 bits per heavy atom. The number of amides is 1. The van der Waals surface area contributed by atoms with Crippen molar-refractivity contribution in [2.24, 2.45) is 0 Å². The molecule has 1 amide bonds. The van der Waals surface area contributed by atoms with Gasteiger partial charge in [-0.25, -0.2) is 8.42 Å². The summed E-state index contributed by atoms with van der Waals surface area (Å²) in [6.45, 7) is 0. The summed E-state index contributed by atoms with van der Waals surface area (Å²) in [6, 6.07) is 24.3. The van der Waals surface area contributed by atoms with Crippen molar-refractivity contribution in [3.05, 3.63) is 99.4 Å². The number of halogens is 2. The standard InChI is InChI=1S/C23H16Br2N2O3S/c24-17-6-9-19(10-7-17)26-23(28)21-14-18(25)8-12-22(21)27-31(29,30)20-11-5-15-3-1-2-4-16(15)13-20/h1-14,27H,(H,26,28). The first-order chi connectivity index (χ1) is 14.8. The molecule has 4 rings (SSSR count). The molecular formula is C23H16Br2N2O3S. The van der Waals surface area contributed by atoms with E-state index in [4.69, 9.17) is 0 Å². The normalized spacial score (nSPS) is 11.3. The predicted octanol–water partition coefficient (Wildman–Crippen LogP) is 6.42. The topological polar surface area (TPSA) is 75.3 Å². The van der Waals surface area contributed by atoms with E-state index in [0.29, 0.717) is 10.2 Å². The van der Waals surface area contributed by atoms with Crippen LogP contribution < -0.4 is 10.0 Å². The van der Waals surface area contributed by atoms with Crippen LogP contribution in [0.25, 0.3) is 10.8 Å². The number of carbonyl (C=O) groups excluding carboxylic acids is 1. The minimum Gasteiger partial charge on any atom is -0.322 e. The Morgan fingerprint density at radius 3 is 2.16 bits per heavy atom. The third kappa shape index (κ3) is 4.98. The number of anilines is 2. The molecule has 0 aliphatic heterocycles. The van der Waals surface area contributed by atoms with E-state index in [2.05, 4.69) is 41.9 Å². The summed E-state index contributed by atoms with van der Waals surface area (Å²) in [4.78, 5) is 13.0. The number of hydrogen-bond donors (Lipinski definition) is 2. The Balaban J connectivity index is 1.65. The highest BCUT2D eigenvalue weighted by molar-refractivity contribution is 9.10. The lowest BCUT2D eigenvalue weighted by Gasteiger charge is -2.14. The van der Waals surface area contributed by atoms with Gasteiger partial charge in [-0.2, -0.15) is 0 Å². The van der Waals surface area contributed by atoms with Crippen LogP contribution in [-0.4, -0.2) is 14.3 Å². The van der Waals surface area contributed by atoms with E-state index >= 15 is 0 Å². The van der Waals surface area contributed by atoms with Gasteiger partial charge in [-0.05, 0) is 65.4 Å². The number of fused-ring (bicyclic) bond motifs is 1. The van der Waals surface area contributed by atoms with E-state index < -0.39 is 15.9 Å². The summed E-state index contributed by atoms with van der Waals surface area (Å²) in [5, 5.41) is 4.55. The van der Waals surface area contributed by atoms with Crippen LogP contribution in [-0.2, 0) is 10.0 Å². The van der Waals surface area contributed by atoms with Crippen molar-refractivity contribution in [2.45, 2.75) is 4.90 Å². The molecule has 0 aliphatic rings. The highest BCUT2D eigenvalue weighted by Gasteiger charge is 2.20. The van der Waals surface area contributed by atoms with Gasteiger partial charge in [0.1, 0.15) is 0 Å². The Morgan fingerprint density at radius 1 is 0.742 bits per heavy atom. The first-order valence-corrected chi connectivity index (χ1v) is 12.3. The van der Waals surface area contributed by atoms with Gasteiger partial charge in [-0.15, -0.1) is 0 Å². The van der Waals surface area contributed by atoms with Crippen LogP contribution in [0.4, 0.5) is 11.4 Å². The molecule has 5 nitrogen and oxygen atoms in total. The summed E-state index contributed by atoms with van der Waals surface area (Å²) in [6.07, 6.45) is 0. The molecule has 156 valence electrons. The summed E-state index contributed by atoms with van der Waals surface area (Å²) >= 11 is 6.70. The Bertz CT molecular complexity index is 1390. The zero-order chi connectivity index (χ0) is 22.0. The number of rotatable bonds is 5. The summed E-state index contributed by atoms with van der Waals surface area (Å²) in [5.74, 6) is -0.431. The molecule has 0 unspecified atom stereocenters. The fourth-order valence-corrected chi connectivity index (χ4v) is 4.80. The van der Waals surface area contributed by atoms with Crippen LogP contribution in [0.5, 0.6) is 0 Å². The van der Waals surface area contributed by atoms with Crippen LogP contribution in [0.1, 0.15) is 10.4 Å². The Kier molecular flexibility index (Phi) is 6.13. The van der Waals surface area contributed by atoms with Crippen molar-refractivity contribution in [3.63, 3.8) is 0 Å². The molecule has 0 fully saturated rings. The molecule has 0 aliphatic carbocycles. The molecule has 0 radical (unpaired) electrons. The monoisotopic (exact) mass is 558 g/mol. The second-order valence-corrected chi connectivity index (χ2v) is 10.3. The molecule has 8 heteroatoms. The minimum absolute atomic E-state index is 0.119. The van der Waals surface area contributed by atoms with Gasteiger partial charge in [0.05, 0.1) is 16.1 Å². The zero-order valence-electron chi connectivity index (χ0n) is 16.0. The predicted molar refractivity (Wildman–Crippen MR) is 131 cm³/mol. The first-order valence-electron chi connectivity index (χ1n) is 9.20. The summed E-state index contributed by atoms with van der Waals surface area (Å²) < 4.78 is 30.2.